The average molecular weight is 261 g/mol. The summed E-state index contributed by atoms with van der Waals surface area (Å²) in [6, 6.07) is 8.81. The second kappa shape index (κ2) is 5.23. The Hall–Kier alpha value is -0.900. The van der Waals surface area contributed by atoms with Crippen LogP contribution < -0.4 is 0 Å². The molecule has 3 nitrogen and oxygen atoms in total. The maximum atomic E-state index is 6.00. The van der Waals surface area contributed by atoms with Gasteiger partial charge in [0.2, 0.25) is 0 Å². The molecule has 2 fully saturated rings. The topological polar surface area (TPSA) is 21.7 Å². The van der Waals surface area contributed by atoms with Gasteiger partial charge < -0.3 is 9.47 Å². The molecule has 0 amide bonds. The second-order valence-electron chi connectivity index (χ2n) is 6.01. The molecule has 1 aromatic rings. The lowest BCUT2D eigenvalue weighted by atomic mass is 9.84. The number of likely N-dealkylation sites (tertiary alicyclic amines) is 1. The average Bonchev–Trinajstić information content (AvgIpc) is 2.40. The smallest absolute Gasteiger partial charge is 0.0959 e. The third-order valence-corrected chi connectivity index (χ3v) is 4.33. The molecule has 1 spiro atoms. The van der Waals surface area contributed by atoms with Crippen LogP contribution in [0.25, 0.3) is 0 Å². The number of methoxy groups -OCH3 is 1. The van der Waals surface area contributed by atoms with Crippen LogP contribution in [0.3, 0.4) is 0 Å². The lowest BCUT2D eigenvalue weighted by Gasteiger charge is -2.53. The normalized spacial score (nSPS) is 26.3. The Morgan fingerprint density at radius 3 is 2.74 bits per heavy atom. The Bertz CT molecular complexity index is 423. The number of hydrogen-bond acceptors (Lipinski definition) is 3. The van der Waals surface area contributed by atoms with E-state index in [-0.39, 0.29) is 5.60 Å². The number of rotatable bonds is 3. The summed E-state index contributed by atoms with van der Waals surface area (Å²) in [5.41, 5.74) is 2.78. The van der Waals surface area contributed by atoms with Crippen molar-refractivity contribution in [2.45, 2.75) is 38.0 Å². The van der Waals surface area contributed by atoms with Crippen LogP contribution in [-0.4, -0.2) is 43.4 Å². The van der Waals surface area contributed by atoms with E-state index in [4.69, 9.17) is 9.47 Å². The van der Waals surface area contributed by atoms with E-state index in [9.17, 15) is 0 Å². The van der Waals surface area contributed by atoms with E-state index < -0.39 is 0 Å². The highest BCUT2D eigenvalue weighted by Crippen LogP contribution is 2.35. The van der Waals surface area contributed by atoms with Gasteiger partial charge in [-0.2, -0.15) is 0 Å². The van der Waals surface area contributed by atoms with Crippen LogP contribution in [0.2, 0.25) is 0 Å². The highest BCUT2D eigenvalue weighted by Gasteiger charge is 2.47. The van der Waals surface area contributed by atoms with Crippen LogP contribution >= 0.6 is 0 Å². The van der Waals surface area contributed by atoms with Crippen molar-refractivity contribution in [2.24, 2.45) is 0 Å². The molecule has 0 radical (unpaired) electrons. The molecule has 0 aromatic heterocycles. The highest BCUT2D eigenvalue weighted by molar-refractivity contribution is 5.21. The summed E-state index contributed by atoms with van der Waals surface area (Å²) in [6.45, 7) is 6.09. The zero-order valence-electron chi connectivity index (χ0n) is 11.9. The van der Waals surface area contributed by atoms with Gasteiger partial charge in [-0.25, -0.2) is 0 Å². The number of nitrogens with zero attached hydrogens (tertiary/aromatic N) is 1. The lowest BCUT2D eigenvalue weighted by molar-refractivity contribution is -0.195. The Balaban J connectivity index is 1.53. The molecule has 2 saturated heterocycles. The van der Waals surface area contributed by atoms with Gasteiger partial charge in [0, 0.05) is 39.8 Å². The van der Waals surface area contributed by atoms with Crippen LogP contribution in [0.15, 0.2) is 24.3 Å². The van der Waals surface area contributed by atoms with E-state index in [1.807, 2.05) is 7.11 Å². The number of benzene rings is 1. The first kappa shape index (κ1) is 13.1. The second-order valence-corrected chi connectivity index (χ2v) is 6.01. The first-order valence-electron chi connectivity index (χ1n) is 7.14. The van der Waals surface area contributed by atoms with Gasteiger partial charge in [0.05, 0.1) is 11.7 Å². The summed E-state index contributed by atoms with van der Waals surface area (Å²) >= 11 is 0. The fraction of sp³-hybridized carbons (Fsp3) is 0.625. The van der Waals surface area contributed by atoms with Crippen molar-refractivity contribution in [3.8, 4) is 0 Å². The van der Waals surface area contributed by atoms with E-state index in [2.05, 4.69) is 36.1 Å². The lowest BCUT2D eigenvalue weighted by Crippen LogP contribution is -2.65. The first-order valence-corrected chi connectivity index (χ1v) is 7.14. The molecule has 3 heteroatoms. The van der Waals surface area contributed by atoms with E-state index in [1.165, 1.54) is 11.1 Å². The van der Waals surface area contributed by atoms with Crippen molar-refractivity contribution in [2.75, 3.05) is 26.8 Å². The van der Waals surface area contributed by atoms with Gasteiger partial charge in [-0.15, -0.1) is 0 Å². The summed E-state index contributed by atoms with van der Waals surface area (Å²) in [5.74, 6) is 0. The summed E-state index contributed by atoms with van der Waals surface area (Å²) in [7, 11) is 1.81. The van der Waals surface area contributed by atoms with Gasteiger partial charge in [-0.3, -0.25) is 4.90 Å². The minimum absolute atomic E-state index is 0.0730. The quantitative estimate of drug-likeness (QED) is 0.834. The standard InChI is InChI=1S/C16H23NO2/c1-13-3-5-14(6-4-13)10-17-11-16(12-17)9-15(18-2)7-8-19-16/h3-6,15H,7-12H2,1-2H3/t15-/m0/s1. The van der Waals surface area contributed by atoms with Crippen molar-refractivity contribution in [1.82, 2.24) is 4.90 Å². The molecule has 2 heterocycles. The third-order valence-electron chi connectivity index (χ3n) is 4.33. The molecule has 2 aliphatic heterocycles. The molecule has 1 aromatic carbocycles. The summed E-state index contributed by atoms with van der Waals surface area (Å²) < 4.78 is 11.5. The SMILES string of the molecule is CO[C@H]1CCOC2(C1)CN(Cc1ccc(C)cc1)C2. The van der Waals surface area contributed by atoms with Crippen LogP contribution in [0.1, 0.15) is 24.0 Å². The van der Waals surface area contributed by atoms with Crippen molar-refractivity contribution in [1.29, 1.82) is 0 Å². The Labute approximate surface area is 115 Å². The summed E-state index contributed by atoms with van der Waals surface area (Å²) in [5, 5.41) is 0. The third kappa shape index (κ3) is 2.83. The summed E-state index contributed by atoms with van der Waals surface area (Å²) in [6.07, 6.45) is 2.47. The molecule has 104 valence electrons. The monoisotopic (exact) mass is 261 g/mol. The van der Waals surface area contributed by atoms with Crippen molar-refractivity contribution in [3.05, 3.63) is 35.4 Å². The van der Waals surface area contributed by atoms with Gasteiger partial charge in [0.1, 0.15) is 0 Å². The predicted molar refractivity (Wildman–Crippen MR) is 75.2 cm³/mol. The predicted octanol–water partition coefficient (Wildman–Crippen LogP) is 2.37. The first-order chi connectivity index (χ1) is 9.19. The molecular weight excluding hydrogens is 238 g/mol. The van der Waals surface area contributed by atoms with Crippen LogP contribution in [0, 0.1) is 6.92 Å². The minimum Gasteiger partial charge on any atom is -0.381 e. The van der Waals surface area contributed by atoms with Gasteiger partial charge in [-0.05, 0) is 18.9 Å². The Kier molecular flexibility index (Phi) is 3.61. The van der Waals surface area contributed by atoms with Crippen LogP contribution in [-0.2, 0) is 16.0 Å². The maximum absolute atomic E-state index is 6.00. The molecule has 2 aliphatic rings. The van der Waals surface area contributed by atoms with Crippen molar-refractivity contribution >= 4 is 0 Å². The fourth-order valence-corrected chi connectivity index (χ4v) is 3.24. The molecule has 0 unspecified atom stereocenters. The number of aryl methyl sites for hydroxylation is 1. The molecular formula is C16H23NO2. The molecule has 0 bridgehead atoms. The number of ether oxygens (including phenoxy) is 2. The summed E-state index contributed by atoms with van der Waals surface area (Å²) in [4.78, 5) is 2.46. The maximum Gasteiger partial charge on any atom is 0.0959 e. The van der Waals surface area contributed by atoms with Gasteiger partial charge in [0.25, 0.3) is 0 Å². The highest BCUT2D eigenvalue weighted by atomic mass is 16.5. The molecule has 0 N–H and O–H groups in total. The Morgan fingerprint density at radius 1 is 1.32 bits per heavy atom. The van der Waals surface area contributed by atoms with Crippen LogP contribution in [0.5, 0.6) is 0 Å². The minimum atomic E-state index is 0.0730. The zero-order chi connectivity index (χ0) is 13.3. The number of hydrogen-bond donors (Lipinski definition) is 0. The van der Waals surface area contributed by atoms with E-state index in [0.717, 1.165) is 39.1 Å². The van der Waals surface area contributed by atoms with E-state index in [0.29, 0.717) is 6.10 Å². The zero-order valence-corrected chi connectivity index (χ0v) is 11.9. The fourth-order valence-electron chi connectivity index (χ4n) is 3.24. The van der Waals surface area contributed by atoms with Gasteiger partial charge in [-0.1, -0.05) is 29.8 Å². The van der Waals surface area contributed by atoms with E-state index >= 15 is 0 Å². The Morgan fingerprint density at radius 2 is 2.05 bits per heavy atom. The molecule has 1 atom stereocenters. The van der Waals surface area contributed by atoms with Crippen molar-refractivity contribution in [3.63, 3.8) is 0 Å². The largest absolute Gasteiger partial charge is 0.381 e. The molecule has 19 heavy (non-hydrogen) atoms. The van der Waals surface area contributed by atoms with E-state index in [1.54, 1.807) is 0 Å². The van der Waals surface area contributed by atoms with Crippen LogP contribution in [0.4, 0.5) is 0 Å². The van der Waals surface area contributed by atoms with Gasteiger partial charge >= 0.3 is 0 Å². The molecule has 0 aliphatic carbocycles. The van der Waals surface area contributed by atoms with Gasteiger partial charge in [0.15, 0.2) is 0 Å². The molecule has 0 saturated carbocycles. The van der Waals surface area contributed by atoms with Crippen molar-refractivity contribution < 1.29 is 9.47 Å². The molecule has 3 rings (SSSR count).